The van der Waals surface area contributed by atoms with Crippen LogP contribution in [0.15, 0.2) is 0 Å². The number of piperazine rings is 1. The quantitative estimate of drug-likeness (QED) is 0.811. The zero-order valence-corrected chi connectivity index (χ0v) is 12.5. The van der Waals surface area contributed by atoms with Gasteiger partial charge in [-0.15, -0.1) is 0 Å². The second-order valence-electron chi connectivity index (χ2n) is 6.66. The lowest BCUT2D eigenvalue weighted by Crippen LogP contribution is -2.54. The van der Waals surface area contributed by atoms with Crippen LogP contribution in [0.3, 0.4) is 0 Å². The molecule has 0 aromatic carbocycles. The van der Waals surface area contributed by atoms with E-state index >= 15 is 0 Å². The monoisotopic (exact) mass is 295 g/mol. The predicted molar refractivity (Wildman–Crippen MR) is 78.0 cm³/mol. The first-order valence-corrected chi connectivity index (χ1v) is 8.14. The molecule has 3 fully saturated rings. The van der Waals surface area contributed by atoms with Crippen LogP contribution in [0.25, 0.3) is 0 Å². The van der Waals surface area contributed by atoms with E-state index in [-0.39, 0.29) is 12.1 Å². The van der Waals surface area contributed by atoms with Crippen LogP contribution in [0.5, 0.6) is 0 Å². The van der Waals surface area contributed by atoms with Crippen LogP contribution >= 0.6 is 0 Å². The second kappa shape index (κ2) is 6.22. The number of hydrogen-bond donors (Lipinski definition) is 2. The molecule has 0 bridgehead atoms. The van der Waals surface area contributed by atoms with Gasteiger partial charge >= 0.3 is 12.0 Å². The third-order valence-corrected chi connectivity index (χ3v) is 5.01. The van der Waals surface area contributed by atoms with Gasteiger partial charge in [-0.25, -0.2) is 4.79 Å². The summed E-state index contributed by atoms with van der Waals surface area (Å²) in [6.45, 7) is 4.57. The molecule has 0 aromatic heterocycles. The van der Waals surface area contributed by atoms with E-state index in [0.717, 1.165) is 44.9 Å². The Morgan fingerprint density at radius 1 is 1.05 bits per heavy atom. The number of hydrogen-bond acceptors (Lipinski definition) is 3. The maximum atomic E-state index is 12.3. The number of nitrogens with one attached hydrogen (secondary N) is 1. The van der Waals surface area contributed by atoms with Crippen LogP contribution < -0.4 is 5.32 Å². The molecular weight excluding hydrogens is 270 g/mol. The molecular formula is C15H25N3O3. The summed E-state index contributed by atoms with van der Waals surface area (Å²) in [6.07, 6.45) is 5.06. The molecule has 6 nitrogen and oxygen atoms in total. The van der Waals surface area contributed by atoms with E-state index < -0.39 is 11.9 Å². The Morgan fingerprint density at radius 3 is 2.38 bits per heavy atom. The normalized spacial score (nSPS) is 30.4. The van der Waals surface area contributed by atoms with E-state index in [9.17, 15) is 9.59 Å². The largest absolute Gasteiger partial charge is 0.481 e. The lowest BCUT2D eigenvalue weighted by atomic mass is 10.0. The fourth-order valence-electron chi connectivity index (χ4n) is 3.48. The Balaban J connectivity index is 1.44. The van der Waals surface area contributed by atoms with Gasteiger partial charge in [-0.3, -0.25) is 9.69 Å². The van der Waals surface area contributed by atoms with Gasteiger partial charge in [0, 0.05) is 38.8 Å². The van der Waals surface area contributed by atoms with Gasteiger partial charge in [-0.1, -0.05) is 6.42 Å². The van der Waals surface area contributed by atoms with E-state index in [1.54, 1.807) is 0 Å². The molecule has 6 heteroatoms. The molecule has 0 spiro atoms. The van der Waals surface area contributed by atoms with Crippen molar-refractivity contribution >= 4 is 12.0 Å². The van der Waals surface area contributed by atoms with Crippen molar-refractivity contribution in [1.29, 1.82) is 0 Å². The van der Waals surface area contributed by atoms with Crippen LogP contribution in [-0.2, 0) is 4.79 Å². The smallest absolute Gasteiger partial charge is 0.317 e. The zero-order chi connectivity index (χ0) is 14.8. The summed E-state index contributed by atoms with van der Waals surface area (Å²) in [5.41, 5.74) is 0. The Labute approximate surface area is 125 Å². The third kappa shape index (κ3) is 3.67. The number of carbonyl (C=O) groups is 2. The summed E-state index contributed by atoms with van der Waals surface area (Å²) < 4.78 is 0. The molecule has 1 aliphatic heterocycles. The zero-order valence-electron chi connectivity index (χ0n) is 12.5. The average molecular weight is 295 g/mol. The van der Waals surface area contributed by atoms with E-state index in [1.165, 1.54) is 19.4 Å². The SMILES string of the molecule is O=C(O)C1CCCC1NC(=O)N1CCN(CC2CC2)CC1. The molecule has 2 atom stereocenters. The molecule has 1 saturated heterocycles. The summed E-state index contributed by atoms with van der Waals surface area (Å²) in [5, 5.41) is 12.1. The lowest BCUT2D eigenvalue weighted by Gasteiger charge is -2.35. The molecule has 118 valence electrons. The summed E-state index contributed by atoms with van der Waals surface area (Å²) >= 11 is 0. The lowest BCUT2D eigenvalue weighted by molar-refractivity contribution is -0.142. The van der Waals surface area contributed by atoms with E-state index in [4.69, 9.17) is 5.11 Å². The molecule has 2 amide bonds. The van der Waals surface area contributed by atoms with Gasteiger partial charge in [0.2, 0.25) is 0 Å². The van der Waals surface area contributed by atoms with Crippen molar-refractivity contribution < 1.29 is 14.7 Å². The second-order valence-corrected chi connectivity index (χ2v) is 6.66. The first kappa shape index (κ1) is 14.6. The Bertz CT molecular complexity index is 403. The van der Waals surface area contributed by atoms with Crippen LogP contribution in [0.2, 0.25) is 0 Å². The molecule has 3 rings (SSSR count). The molecule has 0 aromatic rings. The van der Waals surface area contributed by atoms with E-state index in [1.807, 2.05) is 4.90 Å². The molecule has 21 heavy (non-hydrogen) atoms. The van der Waals surface area contributed by atoms with Gasteiger partial charge in [-0.05, 0) is 31.6 Å². The van der Waals surface area contributed by atoms with Gasteiger partial charge in [0.25, 0.3) is 0 Å². The number of rotatable bonds is 4. The van der Waals surface area contributed by atoms with Crippen molar-refractivity contribution in [3.8, 4) is 0 Å². The fourth-order valence-corrected chi connectivity index (χ4v) is 3.48. The number of nitrogens with zero attached hydrogens (tertiary/aromatic N) is 2. The summed E-state index contributed by atoms with van der Waals surface area (Å²) in [4.78, 5) is 27.7. The van der Waals surface area contributed by atoms with Crippen molar-refractivity contribution in [1.82, 2.24) is 15.1 Å². The van der Waals surface area contributed by atoms with Gasteiger partial charge in [0.1, 0.15) is 0 Å². The minimum atomic E-state index is -0.785. The van der Waals surface area contributed by atoms with Crippen molar-refractivity contribution in [3.05, 3.63) is 0 Å². The summed E-state index contributed by atoms with van der Waals surface area (Å²) in [5.74, 6) is -0.308. The number of amides is 2. The average Bonchev–Trinajstić information content (AvgIpc) is 3.15. The number of urea groups is 1. The highest BCUT2D eigenvalue weighted by molar-refractivity contribution is 5.77. The van der Waals surface area contributed by atoms with Crippen LogP contribution in [-0.4, -0.2) is 65.7 Å². The first-order valence-electron chi connectivity index (χ1n) is 8.14. The highest BCUT2D eigenvalue weighted by Gasteiger charge is 2.35. The minimum Gasteiger partial charge on any atom is -0.481 e. The highest BCUT2D eigenvalue weighted by atomic mass is 16.4. The van der Waals surface area contributed by atoms with Gasteiger partial charge in [0.15, 0.2) is 0 Å². The molecule has 1 heterocycles. The van der Waals surface area contributed by atoms with Crippen LogP contribution in [0.1, 0.15) is 32.1 Å². The van der Waals surface area contributed by atoms with Crippen LogP contribution in [0.4, 0.5) is 4.79 Å². The topological polar surface area (TPSA) is 72.9 Å². The van der Waals surface area contributed by atoms with E-state index in [2.05, 4.69) is 10.2 Å². The number of carbonyl (C=O) groups excluding carboxylic acids is 1. The maximum absolute atomic E-state index is 12.3. The molecule has 2 unspecified atom stereocenters. The number of carboxylic acid groups (broad SMARTS) is 1. The number of carboxylic acids is 1. The molecule has 2 saturated carbocycles. The molecule has 3 aliphatic rings. The first-order chi connectivity index (χ1) is 10.1. The van der Waals surface area contributed by atoms with Crippen LogP contribution in [0, 0.1) is 11.8 Å². The highest BCUT2D eigenvalue weighted by Crippen LogP contribution is 2.30. The molecule has 2 aliphatic carbocycles. The van der Waals surface area contributed by atoms with Crippen molar-refractivity contribution in [2.45, 2.75) is 38.1 Å². The minimum absolute atomic E-state index is 0.0841. The van der Waals surface area contributed by atoms with Gasteiger partial charge in [0.05, 0.1) is 5.92 Å². The van der Waals surface area contributed by atoms with Gasteiger partial charge < -0.3 is 15.3 Å². The molecule has 0 radical (unpaired) electrons. The fraction of sp³-hybridized carbons (Fsp3) is 0.867. The summed E-state index contributed by atoms with van der Waals surface area (Å²) in [6, 6.07) is -0.279. The Kier molecular flexibility index (Phi) is 4.33. The standard InChI is InChI=1S/C15H25N3O3/c19-14(20)12-2-1-3-13(12)16-15(21)18-8-6-17(7-9-18)10-11-4-5-11/h11-13H,1-10H2,(H,16,21)(H,19,20). The van der Waals surface area contributed by atoms with Gasteiger partial charge in [-0.2, -0.15) is 0 Å². The predicted octanol–water partition coefficient (Wildman–Crippen LogP) is 0.977. The Morgan fingerprint density at radius 2 is 1.76 bits per heavy atom. The number of aliphatic carboxylic acids is 1. The summed E-state index contributed by atoms with van der Waals surface area (Å²) in [7, 11) is 0. The van der Waals surface area contributed by atoms with Crippen molar-refractivity contribution in [2.75, 3.05) is 32.7 Å². The van der Waals surface area contributed by atoms with Crippen molar-refractivity contribution in [2.24, 2.45) is 11.8 Å². The maximum Gasteiger partial charge on any atom is 0.317 e. The third-order valence-electron chi connectivity index (χ3n) is 5.01. The Hall–Kier alpha value is -1.30. The van der Waals surface area contributed by atoms with Crippen molar-refractivity contribution in [3.63, 3.8) is 0 Å². The molecule has 2 N–H and O–H groups in total. The van der Waals surface area contributed by atoms with E-state index in [0.29, 0.717) is 6.42 Å².